The van der Waals surface area contributed by atoms with E-state index in [4.69, 9.17) is 16.3 Å². The SMILES string of the molecule is O=C1C2=C(OC3CCCCC13)C(=O)N(c1ccc(F)cc1)C2c1ccc(Cl)cc1. The summed E-state index contributed by atoms with van der Waals surface area (Å²) in [6.07, 6.45) is 3.30. The number of hydrogen-bond acceptors (Lipinski definition) is 3. The van der Waals surface area contributed by atoms with Crippen molar-refractivity contribution in [3.63, 3.8) is 0 Å². The highest BCUT2D eigenvalue weighted by Crippen LogP contribution is 2.48. The van der Waals surface area contributed by atoms with Gasteiger partial charge in [0, 0.05) is 10.7 Å². The van der Waals surface area contributed by atoms with E-state index in [1.165, 1.54) is 17.0 Å². The molecule has 4 nitrogen and oxygen atoms in total. The lowest BCUT2D eigenvalue weighted by atomic mass is 9.77. The van der Waals surface area contributed by atoms with Crippen molar-refractivity contribution in [2.75, 3.05) is 4.90 Å². The Labute approximate surface area is 172 Å². The van der Waals surface area contributed by atoms with Crippen LogP contribution in [0.4, 0.5) is 10.1 Å². The fourth-order valence-electron chi connectivity index (χ4n) is 4.67. The molecule has 6 heteroatoms. The molecule has 1 fully saturated rings. The molecule has 2 aromatic rings. The zero-order chi connectivity index (χ0) is 20.1. The van der Waals surface area contributed by atoms with E-state index in [-0.39, 0.29) is 35.3 Å². The lowest BCUT2D eigenvalue weighted by Gasteiger charge is -2.35. The number of benzene rings is 2. The number of ketones is 1. The van der Waals surface area contributed by atoms with Gasteiger partial charge in [-0.05, 0) is 61.2 Å². The summed E-state index contributed by atoms with van der Waals surface area (Å²) < 4.78 is 19.6. The van der Waals surface area contributed by atoms with Crippen molar-refractivity contribution in [2.45, 2.75) is 37.8 Å². The average molecular weight is 412 g/mol. The van der Waals surface area contributed by atoms with Gasteiger partial charge in [-0.15, -0.1) is 0 Å². The van der Waals surface area contributed by atoms with Crippen LogP contribution in [0.1, 0.15) is 37.3 Å². The first kappa shape index (κ1) is 18.4. The topological polar surface area (TPSA) is 46.6 Å². The maximum Gasteiger partial charge on any atom is 0.294 e. The van der Waals surface area contributed by atoms with Gasteiger partial charge in [-0.2, -0.15) is 0 Å². The molecule has 2 aliphatic heterocycles. The smallest absolute Gasteiger partial charge is 0.294 e. The summed E-state index contributed by atoms with van der Waals surface area (Å²) in [6, 6.07) is 12.2. The highest BCUT2D eigenvalue weighted by molar-refractivity contribution is 6.30. The average Bonchev–Trinajstić information content (AvgIpc) is 3.02. The lowest BCUT2D eigenvalue weighted by Crippen LogP contribution is -2.39. The molecule has 0 spiro atoms. The van der Waals surface area contributed by atoms with Gasteiger partial charge in [0.25, 0.3) is 5.91 Å². The van der Waals surface area contributed by atoms with Crippen molar-refractivity contribution in [1.29, 1.82) is 0 Å². The molecule has 1 saturated carbocycles. The molecule has 1 amide bonds. The van der Waals surface area contributed by atoms with E-state index in [1.54, 1.807) is 24.3 Å². The van der Waals surface area contributed by atoms with Crippen LogP contribution in [0.25, 0.3) is 0 Å². The number of amides is 1. The fraction of sp³-hybridized carbons (Fsp3) is 0.304. The zero-order valence-corrected chi connectivity index (χ0v) is 16.4. The van der Waals surface area contributed by atoms with Crippen LogP contribution in [0.5, 0.6) is 0 Å². The minimum atomic E-state index is -0.615. The van der Waals surface area contributed by atoms with Crippen molar-refractivity contribution in [1.82, 2.24) is 0 Å². The van der Waals surface area contributed by atoms with E-state index in [1.807, 2.05) is 12.1 Å². The first-order valence-electron chi connectivity index (χ1n) is 9.84. The number of nitrogens with zero attached hydrogens (tertiary/aromatic N) is 1. The number of ether oxygens (including phenoxy) is 1. The van der Waals surface area contributed by atoms with Gasteiger partial charge in [-0.3, -0.25) is 14.5 Å². The van der Waals surface area contributed by atoms with Crippen LogP contribution in [0.3, 0.4) is 0 Å². The predicted octanol–water partition coefficient (Wildman–Crippen LogP) is 4.98. The number of Topliss-reactive ketones (excluding diaryl/α,β-unsaturated/α-hetero) is 1. The van der Waals surface area contributed by atoms with E-state index < -0.39 is 6.04 Å². The van der Waals surface area contributed by atoms with E-state index in [0.717, 1.165) is 31.2 Å². The number of anilines is 1. The normalized spacial score (nSPS) is 26.3. The molecule has 5 rings (SSSR count). The van der Waals surface area contributed by atoms with Crippen molar-refractivity contribution in [3.05, 3.63) is 76.3 Å². The monoisotopic (exact) mass is 411 g/mol. The first-order chi connectivity index (χ1) is 14.0. The van der Waals surface area contributed by atoms with Crippen molar-refractivity contribution in [3.8, 4) is 0 Å². The van der Waals surface area contributed by atoms with Gasteiger partial charge in [0.2, 0.25) is 0 Å². The molecule has 2 heterocycles. The molecule has 148 valence electrons. The number of rotatable bonds is 2. The third-order valence-corrected chi connectivity index (χ3v) is 6.31. The molecule has 0 bridgehead atoms. The molecule has 1 aliphatic carbocycles. The summed E-state index contributed by atoms with van der Waals surface area (Å²) in [5, 5.41) is 0.569. The van der Waals surface area contributed by atoms with E-state index in [0.29, 0.717) is 16.3 Å². The Morgan fingerprint density at radius 2 is 1.66 bits per heavy atom. The van der Waals surface area contributed by atoms with Gasteiger partial charge in [0.1, 0.15) is 11.9 Å². The van der Waals surface area contributed by atoms with Gasteiger partial charge in [0.05, 0.1) is 17.5 Å². The van der Waals surface area contributed by atoms with Crippen molar-refractivity contribution < 1.29 is 18.7 Å². The molecule has 3 aliphatic rings. The molecule has 0 radical (unpaired) electrons. The number of fused-ring (bicyclic) bond motifs is 1. The molecule has 29 heavy (non-hydrogen) atoms. The Kier molecular flexibility index (Phi) is 4.43. The predicted molar refractivity (Wildman–Crippen MR) is 107 cm³/mol. The summed E-state index contributed by atoms with van der Waals surface area (Å²) in [4.78, 5) is 28.4. The van der Waals surface area contributed by atoms with Crippen LogP contribution in [0.2, 0.25) is 5.02 Å². The van der Waals surface area contributed by atoms with Crippen LogP contribution in [0.15, 0.2) is 59.9 Å². The maximum atomic E-state index is 13.5. The third kappa shape index (κ3) is 2.96. The number of carbonyl (C=O) groups excluding carboxylic acids is 2. The highest BCUT2D eigenvalue weighted by Gasteiger charge is 2.52. The van der Waals surface area contributed by atoms with Crippen molar-refractivity contribution >= 4 is 29.0 Å². The van der Waals surface area contributed by atoms with Gasteiger partial charge >= 0.3 is 0 Å². The molecule has 3 atom stereocenters. The first-order valence-corrected chi connectivity index (χ1v) is 10.2. The van der Waals surface area contributed by atoms with Crippen LogP contribution >= 0.6 is 11.6 Å². The number of hydrogen-bond donors (Lipinski definition) is 0. The molecule has 3 unspecified atom stereocenters. The molecule has 0 N–H and O–H groups in total. The molecular weight excluding hydrogens is 393 g/mol. The second kappa shape index (κ2) is 6.99. The minimum Gasteiger partial charge on any atom is -0.483 e. The van der Waals surface area contributed by atoms with Gasteiger partial charge in [-0.1, -0.05) is 30.2 Å². The van der Waals surface area contributed by atoms with E-state index in [9.17, 15) is 14.0 Å². The van der Waals surface area contributed by atoms with Gasteiger partial charge in [0.15, 0.2) is 11.5 Å². The summed E-state index contributed by atoms with van der Waals surface area (Å²) in [6.45, 7) is 0. The van der Waals surface area contributed by atoms with Gasteiger partial charge in [-0.25, -0.2) is 4.39 Å². The highest BCUT2D eigenvalue weighted by atomic mass is 35.5. The van der Waals surface area contributed by atoms with Crippen LogP contribution in [0, 0.1) is 11.7 Å². The number of carbonyl (C=O) groups is 2. The summed E-state index contributed by atoms with van der Waals surface area (Å²) >= 11 is 6.05. The summed E-state index contributed by atoms with van der Waals surface area (Å²) in [5.41, 5.74) is 1.69. The van der Waals surface area contributed by atoms with Crippen LogP contribution in [-0.4, -0.2) is 17.8 Å². The Morgan fingerprint density at radius 3 is 2.38 bits per heavy atom. The van der Waals surface area contributed by atoms with E-state index in [2.05, 4.69) is 0 Å². The van der Waals surface area contributed by atoms with Crippen LogP contribution < -0.4 is 4.90 Å². The zero-order valence-electron chi connectivity index (χ0n) is 15.6. The Bertz CT molecular complexity index is 1020. The molecule has 2 aromatic carbocycles. The minimum absolute atomic E-state index is 0.00568. The Hall–Kier alpha value is -2.66. The standard InChI is InChI=1S/C23H19ClFNO3/c24-14-7-5-13(6-8-14)20-19-21(27)17-3-1-2-4-18(17)29-22(19)23(28)26(20)16-11-9-15(25)10-12-16/h5-12,17-18,20H,1-4H2. The lowest BCUT2D eigenvalue weighted by molar-refractivity contribution is -0.131. The largest absolute Gasteiger partial charge is 0.483 e. The maximum absolute atomic E-state index is 13.5. The Morgan fingerprint density at radius 1 is 0.966 bits per heavy atom. The quantitative estimate of drug-likeness (QED) is 0.700. The molecule has 0 saturated heterocycles. The second-order valence-electron chi connectivity index (χ2n) is 7.76. The van der Waals surface area contributed by atoms with Crippen LogP contribution in [-0.2, 0) is 14.3 Å². The number of halogens is 2. The third-order valence-electron chi connectivity index (χ3n) is 6.05. The summed E-state index contributed by atoms with van der Waals surface area (Å²) in [5.74, 6) is -0.821. The molecule has 0 aromatic heterocycles. The van der Waals surface area contributed by atoms with E-state index >= 15 is 0 Å². The Balaban J connectivity index is 1.65. The summed E-state index contributed by atoms with van der Waals surface area (Å²) in [7, 11) is 0. The van der Waals surface area contributed by atoms with Crippen molar-refractivity contribution in [2.24, 2.45) is 5.92 Å². The fourth-order valence-corrected chi connectivity index (χ4v) is 4.80. The molecular formula is C23H19ClFNO3. The van der Waals surface area contributed by atoms with Gasteiger partial charge < -0.3 is 4.74 Å². The second-order valence-corrected chi connectivity index (χ2v) is 8.20.